The van der Waals surface area contributed by atoms with Gasteiger partial charge in [0.25, 0.3) is 0 Å². The monoisotopic (exact) mass is 363 g/mol. The van der Waals surface area contributed by atoms with E-state index < -0.39 is 0 Å². The molecule has 0 saturated heterocycles. The highest BCUT2D eigenvalue weighted by Crippen LogP contribution is 2.20. The number of para-hydroxylation sites is 1. The van der Waals surface area contributed by atoms with E-state index in [0.717, 1.165) is 48.6 Å². The number of nitrogens with one attached hydrogen (secondary N) is 1. The van der Waals surface area contributed by atoms with Gasteiger partial charge in [0, 0.05) is 18.5 Å². The van der Waals surface area contributed by atoms with Gasteiger partial charge >= 0.3 is 0 Å². The van der Waals surface area contributed by atoms with Crippen molar-refractivity contribution < 1.29 is 0 Å². The molecule has 142 valence electrons. The molecule has 0 fully saturated rings. The van der Waals surface area contributed by atoms with Crippen molar-refractivity contribution in [2.24, 2.45) is 0 Å². The first-order valence-electron chi connectivity index (χ1n) is 9.48. The van der Waals surface area contributed by atoms with Gasteiger partial charge < -0.3 is 10.2 Å². The van der Waals surface area contributed by atoms with E-state index in [1.54, 1.807) is 0 Å². The molecular formula is C22H29N5. The lowest BCUT2D eigenvalue weighted by Gasteiger charge is -2.17. The normalized spacial score (nSPS) is 11.4. The van der Waals surface area contributed by atoms with Gasteiger partial charge in [-0.05, 0) is 51.8 Å². The standard InChI is InChI=1S/C22H29N5/c1-26(2)15-9-14-23-22-19-12-7-8-13-20(19)24-21(25-22)17-27(3)16-18-10-5-4-6-11-18/h4-8,10-13H,9,14-17H2,1-3H3,(H,23,24,25). The molecule has 0 atom stereocenters. The Kier molecular flexibility index (Phi) is 6.74. The number of aromatic nitrogens is 2. The lowest BCUT2D eigenvalue weighted by Crippen LogP contribution is -2.20. The maximum Gasteiger partial charge on any atom is 0.145 e. The molecule has 2 aromatic carbocycles. The summed E-state index contributed by atoms with van der Waals surface area (Å²) in [6.07, 6.45) is 1.08. The van der Waals surface area contributed by atoms with E-state index in [9.17, 15) is 0 Å². The molecule has 0 aliphatic heterocycles. The Labute approximate surface area is 162 Å². The summed E-state index contributed by atoms with van der Waals surface area (Å²) in [5.41, 5.74) is 2.29. The second-order valence-electron chi connectivity index (χ2n) is 7.25. The number of benzene rings is 2. The van der Waals surface area contributed by atoms with Crippen LogP contribution in [0.2, 0.25) is 0 Å². The Balaban J connectivity index is 1.73. The summed E-state index contributed by atoms with van der Waals surface area (Å²) in [5.74, 6) is 1.78. The molecule has 0 aliphatic carbocycles. The Morgan fingerprint density at radius 1 is 0.852 bits per heavy atom. The van der Waals surface area contributed by atoms with Crippen LogP contribution in [0.25, 0.3) is 10.9 Å². The number of hydrogen-bond acceptors (Lipinski definition) is 5. The average Bonchev–Trinajstić information content (AvgIpc) is 2.65. The van der Waals surface area contributed by atoms with Crippen molar-refractivity contribution in [1.29, 1.82) is 0 Å². The predicted octanol–water partition coefficient (Wildman–Crippen LogP) is 3.63. The van der Waals surface area contributed by atoms with E-state index >= 15 is 0 Å². The summed E-state index contributed by atoms with van der Waals surface area (Å²) >= 11 is 0. The van der Waals surface area contributed by atoms with Crippen molar-refractivity contribution in [2.45, 2.75) is 19.5 Å². The molecule has 5 nitrogen and oxygen atoms in total. The van der Waals surface area contributed by atoms with Crippen LogP contribution in [-0.4, -0.2) is 54.0 Å². The lowest BCUT2D eigenvalue weighted by molar-refractivity contribution is 0.311. The minimum absolute atomic E-state index is 0.714. The first-order valence-corrected chi connectivity index (χ1v) is 9.48. The summed E-state index contributed by atoms with van der Waals surface area (Å²) in [7, 11) is 6.30. The molecule has 0 amide bonds. The van der Waals surface area contributed by atoms with E-state index in [-0.39, 0.29) is 0 Å². The van der Waals surface area contributed by atoms with E-state index in [2.05, 4.69) is 72.7 Å². The van der Waals surface area contributed by atoms with Crippen LogP contribution in [0.1, 0.15) is 17.8 Å². The van der Waals surface area contributed by atoms with E-state index in [1.807, 2.05) is 18.2 Å². The highest BCUT2D eigenvalue weighted by atomic mass is 15.1. The summed E-state index contributed by atoms with van der Waals surface area (Å²) in [6, 6.07) is 18.7. The number of nitrogens with zero attached hydrogens (tertiary/aromatic N) is 4. The minimum atomic E-state index is 0.714. The van der Waals surface area contributed by atoms with Gasteiger partial charge in [0.1, 0.15) is 11.6 Å². The van der Waals surface area contributed by atoms with Gasteiger partial charge in [-0.25, -0.2) is 9.97 Å². The zero-order chi connectivity index (χ0) is 19.1. The van der Waals surface area contributed by atoms with Crippen LogP contribution >= 0.6 is 0 Å². The smallest absolute Gasteiger partial charge is 0.145 e. The maximum absolute atomic E-state index is 4.82. The first kappa shape index (κ1) is 19.3. The zero-order valence-corrected chi connectivity index (χ0v) is 16.5. The van der Waals surface area contributed by atoms with Crippen molar-refractivity contribution in [1.82, 2.24) is 19.8 Å². The third-order valence-corrected chi connectivity index (χ3v) is 4.43. The second-order valence-corrected chi connectivity index (χ2v) is 7.25. The highest BCUT2D eigenvalue weighted by molar-refractivity contribution is 5.88. The molecule has 1 N–H and O–H groups in total. The number of fused-ring (bicyclic) bond motifs is 1. The van der Waals surface area contributed by atoms with E-state index in [4.69, 9.17) is 9.97 Å². The molecule has 0 aliphatic rings. The zero-order valence-electron chi connectivity index (χ0n) is 16.5. The van der Waals surface area contributed by atoms with Gasteiger partial charge in [0.05, 0.1) is 12.1 Å². The molecular weight excluding hydrogens is 334 g/mol. The van der Waals surface area contributed by atoms with Gasteiger partial charge in [-0.15, -0.1) is 0 Å². The van der Waals surface area contributed by atoms with Crippen LogP contribution in [0.15, 0.2) is 54.6 Å². The number of rotatable bonds is 9. The minimum Gasteiger partial charge on any atom is -0.369 e. The molecule has 0 bridgehead atoms. The summed E-state index contributed by atoms with van der Waals surface area (Å²) in [4.78, 5) is 14.0. The molecule has 27 heavy (non-hydrogen) atoms. The largest absolute Gasteiger partial charge is 0.369 e. The van der Waals surface area contributed by atoms with Gasteiger partial charge in [0.2, 0.25) is 0 Å². The number of hydrogen-bond donors (Lipinski definition) is 1. The highest BCUT2D eigenvalue weighted by Gasteiger charge is 2.10. The van der Waals surface area contributed by atoms with Crippen LogP contribution in [0.4, 0.5) is 5.82 Å². The van der Waals surface area contributed by atoms with Crippen LogP contribution in [0.5, 0.6) is 0 Å². The van der Waals surface area contributed by atoms with Crippen LogP contribution in [-0.2, 0) is 13.1 Å². The van der Waals surface area contributed by atoms with Gasteiger partial charge in [0.15, 0.2) is 0 Å². The van der Waals surface area contributed by atoms with Gasteiger partial charge in [-0.1, -0.05) is 42.5 Å². The van der Waals surface area contributed by atoms with E-state index in [0.29, 0.717) is 6.54 Å². The SMILES string of the molecule is CN(C)CCCNc1nc(CN(C)Cc2ccccc2)nc2ccccc12. The molecule has 3 aromatic rings. The predicted molar refractivity (Wildman–Crippen MR) is 113 cm³/mol. The van der Waals surface area contributed by atoms with Gasteiger partial charge in [-0.2, -0.15) is 0 Å². The third-order valence-electron chi connectivity index (χ3n) is 4.43. The fourth-order valence-corrected chi connectivity index (χ4v) is 3.12. The van der Waals surface area contributed by atoms with Crippen molar-refractivity contribution >= 4 is 16.7 Å². The Morgan fingerprint density at radius 3 is 2.37 bits per heavy atom. The van der Waals surface area contributed by atoms with Crippen LogP contribution in [0.3, 0.4) is 0 Å². The maximum atomic E-state index is 4.82. The molecule has 1 heterocycles. The van der Waals surface area contributed by atoms with Crippen molar-refractivity contribution in [3.63, 3.8) is 0 Å². The Hall–Kier alpha value is -2.50. The Morgan fingerprint density at radius 2 is 1.59 bits per heavy atom. The topological polar surface area (TPSA) is 44.3 Å². The van der Waals surface area contributed by atoms with Crippen LogP contribution < -0.4 is 5.32 Å². The quantitative estimate of drug-likeness (QED) is 0.588. The molecule has 5 heteroatoms. The molecule has 0 radical (unpaired) electrons. The van der Waals surface area contributed by atoms with E-state index in [1.165, 1.54) is 5.56 Å². The second kappa shape index (κ2) is 9.44. The summed E-state index contributed by atoms with van der Waals surface area (Å²) < 4.78 is 0. The summed E-state index contributed by atoms with van der Waals surface area (Å²) in [5, 5.41) is 4.59. The lowest BCUT2D eigenvalue weighted by atomic mass is 10.2. The van der Waals surface area contributed by atoms with Gasteiger partial charge in [-0.3, -0.25) is 4.90 Å². The molecule has 0 saturated carbocycles. The van der Waals surface area contributed by atoms with Crippen molar-refractivity contribution in [3.05, 3.63) is 66.0 Å². The molecule has 3 rings (SSSR count). The Bertz CT molecular complexity index is 848. The van der Waals surface area contributed by atoms with Crippen molar-refractivity contribution in [3.8, 4) is 0 Å². The fourth-order valence-electron chi connectivity index (χ4n) is 3.12. The first-order chi connectivity index (χ1) is 13.1. The fraction of sp³-hybridized carbons (Fsp3) is 0.364. The molecule has 0 spiro atoms. The molecule has 1 aromatic heterocycles. The van der Waals surface area contributed by atoms with Crippen LogP contribution in [0, 0.1) is 0 Å². The third kappa shape index (κ3) is 5.74. The average molecular weight is 364 g/mol. The summed E-state index contributed by atoms with van der Waals surface area (Å²) in [6.45, 7) is 3.55. The molecule has 0 unspecified atom stereocenters. The van der Waals surface area contributed by atoms with Crippen molar-refractivity contribution in [2.75, 3.05) is 39.5 Å². The number of anilines is 1.